The molecule has 1 fully saturated rings. The van der Waals surface area contributed by atoms with E-state index in [4.69, 9.17) is 4.74 Å². The van der Waals surface area contributed by atoms with Crippen molar-refractivity contribution in [3.63, 3.8) is 0 Å². The van der Waals surface area contributed by atoms with Crippen LogP contribution in [-0.2, 0) is 9.53 Å². The van der Waals surface area contributed by atoms with Crippen molar-refractivity contribution in [3.8, 4) is 0 Å². The Labute approximate surface area is 172 Å². The number of thioether (sulfide) groups is 1. The Kier molecular flexibility index (Phi) is 10.2. The average molecular weight is 408 g/mol. The highest BCUT2D eigenvalue weighted by atomic mass is 32.2. The summed E-state index contributed by atoms with van der Waals surface area (Å²) in [6.07, 6.45) is 0. The highest BCUT2D eigenvalue weighted by molar-refractivity contribution is 8.00. The summed E-state index contributed by atoms with van der Waals surface area (Å²) in [5.41, 5.74) is 0. The third kappa shape index (κ3) is 8.95. The number of likely N-dealkylation sites (N-methyl/N-ethyl adjacent to an activating group) is 1. The van der Waals surface area contributed by atoms with E-state index < -0.39 is 0 Å². The van der Waals surface area contributed by atoms with Crippen molar-refractivity contribution in [1.82, 2.24) is 20.4 Å². The smallest absolute Gasteiger partial charge is 0.243 e. The molecule has 0 aliphatic carbocycles. The molecule has 1 amide bonds. The van der Waals surface area contributed by atoms with Gasteiger partial charge in [-0.15, -0.1) is 11.8 Å². The Morgan fingerprint density at radius 2 is 1.96 bits per heavy atom. The minimum Gasteiger partial charge on any atom is -0.379 e. The van der Waals surface area contributed by atoms with Crippen LogP contribution in [0, 0.1) is 0 Å². The summed E-state index contributed by atoms with van der Waals surface area (Å²) in [7, 11) is 3.49. The molecule has 1 aromatic carbocycles. The van der Waals surface area contributed by atoms with Crippen LogP contribution in [0.15, 0.2) is 40.2 Å². The third-order valence-corrected chi connectivity index (χ3v) is 5.45. The minimum absolute atomic E-state index is 0.0130. The first-order valence-corrected chi connectivity index (χ1v) is 10.7. The van der Waals surface area contributed by atoms with Crippen LogP contribution in [0.2, 0.25) is 0 Å². The van der Waals surface area contributed by atoms with E-state index in [1.54, 1.807) is 19.0 Å². The molecule has 1 saturated heterocycles. The number of hydrogen-bond acceptors (Lipinski definition) is 5. The van der Waals surface area contributed by atoms with Gasteiger partial charge in [-0.1, -0.05) is 25.1 Å². The van der Waals surface area contributed by atoms with Gasteiger partial charge in [0.15, 0.2) is 5.96 Å². The first kappa shape index (κ1) is 22.5. The number of carbonyl (C=O) groups excluding carboxylic acids is 1. The Hall–Kier alpha value is -1.77. The lowest BCUT2D eigenvalue weighted by atomic mass is 10.4. The molecule has 8 heteroatoms. The monoisotopic (exact) mass is 407 g/mol. The molecule has 156 valence electrons. The van der Waals surface area contributed by atoms with Crippen LogP contribution in [0.4, 0.5) is 0 Å². The number of amides is 1. The fourth-order valence-corrected chi connectivity index (χ4v) is 3.58. The van der Waals surface area contributed by atoms with Crippen LogP contribution in [-0.4, -0.2) is 93.5 Å². The molecule has 2 N–H and O–H groups in total. The zero-order valence-corrected chi connectivity index (χ0v) is 18.0. The molecule has 2 rings (SSSR count). The van der Waals surface area contributed by atoms with Gasteiger partial charge in [0.2, 0.25) is 5.91 Å². The summed E-state index contributed by atoms with van der Waals surface area (Å²) in [6, 6.07) is 10.4. The largest absolute Gasteiger partial charge is 0.379 e. The second-order valence-electron chi connectivity index (χ2n) is 6.96. The lowest BCUT2D eigenvalue weighted by Gasteiger charge is -2.27. The molecule has 0 spiro atoms. The van der Waals surface area contributed by atoms with Crippen molar-refractivity contribution in [2.45, 2.75) is 17.1 Å². The minimum atomic E-state index is -0.0130. The Morgan fingerprint density at radius 1 is 1.25 bits per heavy atom. The molecule has 28 heavy (non-hydrogen) atoms. The summed E-state index contributed by atoms with van der Waals surface area (Å²) in [6.45, 7) is 8.31. The second-order valence-corrected chi connectivity index (χ2v) is 8.47. The van der Waals surface area contributed by atoms with Gasteiger partial charge in [0.25, 0.3) is 0 Å². The van der Waals surface area contributed by atoms with E-state index in [2.05, 4.69) is 51.7 Å². The molecule has 1 heterocycles. The number of nitrogens with zero attached hydrogens (tertiary/aromatic N) is 3. The zero-order valence-electron chi connectivity index (χ0n) is 17.2. The van der Waals surface area contributed by atoms with Gasteiger partial charge in [-0.3, -0.25) is 9.69 Å². The maximum absolute atomic E-state index is 11.9. The summed E-state index contributed by atoms with van der Waals surface area (Å²) < 4.78 is 5.39. The normalized spacial score (nSPS) is 16.5. The molecule has 1 aliphatic heterocycles. The molecule has 7 nitrogen and oxygen atoms in total. The van der Waals surface area contributed by atoms with Gasteiger partial charge < -0.3 is 20.3 Å². The Morgan fingerprint density at radius 3 is 2.64 bits per heavy atom. The molecular formula is C20H33N5O2S. The van der Waals surface area contributed by atoms with Gasteiger partial charge in [-0.2, -0.15) is 0 Å². The van der Waals surface area contributed by atoms with E-state index in [1.165, 1.54) is 4.90 Å². The molecule has 1 atom stereocenters. The highest BCUT2D eigenvalue weighted by Gasteiger charge is 2.11. The van der Waals surface area contributed by atoms with E-state index in [1.807, 2.05) is 17.8 Å². The maximum Gasteiger partial charge on any atom is 0.243 e. The van der Waals surface area contributed by atoms with Crippen LogP contribution < -0.4 is 10.6 Å². The second kappa shape index (κ2) is 12.6. The Balaban J connectivity index is 1.81. The number of guanidine groups is 1. The first-order valence-electron chi connectivity index (χ1n) is 9.78. The van der Waals surface area contributed by atoms with Crippen molar-refractivity contribution < 1.29 is 9.53 Å². The molecule has 0 saturated carbocycles. The van der Waals surface area contributed by atoms with E-state index in [0.29, 0.717) is 11.2 Å². The van der Waals surface area contributed by atoms with Gasteiger partial charge in [0, 0.05) is 57.0 Å². The number of morpholine rings is 1. The molecular weight excluding hydrogens is 374 g/mol. The van der Waals surface area contributed by atoms with Crippen molar-refractivity contribution in [2.24, 2.45) is 4.99 Å². The van der Waals surface area contributed by atoms with Crippen LogP contribution in [0.1, 0.15) is 6.92 Å². The topological polar surface area (TPSA) is 69.2 Å². The van der Waals surface area contributed by atoms with Gasteiger partial charge in [0.05, 0.1) is 13.2 Å². The quantitative estimate of drug-likeness (QED) is 0.363. The third-order valence-electron chi connectivity index (χ3n) is 4.33. The van der Waals surface area contributed by atoms with Gasteiger partial charge in [0.1, 0.15) is 6.54 Å². The number of aliphatic imine (C=N–C) groups is 1. The molecule has 1 aliphatic rings. The molecule has 0 aromatic heterocycles. The highest BCUT2D eigenvalue weighted by Crippen LogP contribution is 2.21. The van der Waals surface area contributed by atoms with Crippen LogP contribution in [0.25, 0.3) is 0 Å². The van der Waals surface area contributed by atoms with Gasteiger partial charge in [-0.05, 0) is 12.1 Å². The summed E-state index contributed by atoms with van der Waals surface area (Å²) in [5, 5.41) is 7.11. The molecule has 0 bridgehead atoms. The average Bonchev–Trinajstić information content (AvgIpc) is 2.70. The predicted molar refractivity (Wildman–Crippen MR) is 116 cm³/mol. The number of ether oxygens (including phenoxy) is 1. The fraction of sp³-hybridized carbons (Fsp3) is 0.600. The van der Waals surface area contributed by atoms with Crippen LogP contribution >= 0.6 is 11.8 Å². The molecule has 0 radical (unpaired) electrons. The maximum atomic E-state index is 11.9. The van der Waals surface area contributed by atoms with Crippen molar-refractivity contribution in [2.75, 3.05) is 66.6 Å². The number of hydrogen-bond donors (Lipinski definition) is 2. The number of nitrogens with one attached hydrogen (secondary N) is 2. The lowest BCUT2D eigenvalue weighted by molar-refractivity contribution is -0.127. The van der Waals surface area contributed by atoms with Crippen molar-refractivity contribution >= 4 is 23.6 Å². The van der Waals surface area contributed by atoms with E-state index >= 15 is 0 Å². The fourth-order valence-electron chi connectivity index (χ4n) is 2.63. The molecule has 1 unspecified atom stereocenters. The van der Waals surface area contributed by atoms with Crippen LogP contribution in [0.5, 0.6) is 0 Å². The van der Waals surface area contributed by atoms with E-state index in [-0.39, 0.29) is 12.5 Å². The van der Waals surface area contributed by atoms with Gasteiger partial charge >= 0.3 is 0 Å². The summed E-state index contributed by atoms with van der Waals surface area (Å²) in [4.78, 5) is 21.5. The zero-order chi connectivity index (χ0) is 20.2. The Bertz CT molecular complexity index is 606. The first-order chi connectivity index (χ1) is 13.5. The van der Waals surface area contributed by atoms with E-state index in [9.17, 15) is 4.79 Å². The predicted octanol–water partition coefficient (Wildman–Crippen LogP) is 1.12. The molecule has 1 aromatic rings. The number of carbonyl (C=O) groups is 1. The number of rotatable bonds is 9. The van der Waals surface area contributed by atoms with Crippen molar-refractivity contribution in [1.29, 1.82) is 0 Å². The van der Waals surface area contributed by atoms with Crippen LogP contribution in [0.3, 0.4) is 0 Å². The lowest BCUT2D eigenvalue weighted by Crippen LogP contribution is -2.45. The van der Waals surface area contributed by atoms with E-state index in [0.717, 1.165) is 45.9 Å². The summed E-state index contributed by atoms with van der Waals surface area (Å²) >= 11 is 1.82. The van der Waals surface area contributed by atoms with Gasteiger partial charge in [-0.25, -0.2) is 4.99 Å². The standard InChI is InChI=1S/C20H33N5O2S/c1-17(28-18-7-5-4-6-8-18)15-22-20(23-16-19(26)24(2)3)21-9-10-25-11-13-27-14-12-25/h4-8,17H,9-16H2,1-3H3,(H2,21,22,23). The van der Waals surface area contributed by atoms with Crippen molar-refractivity contribution in [3.05, 3.63) is 30.3 Å². The SMILES string of the molecule is CC(CNC(=NCC(=O)N(C)C)NCCN1CCOCC1)Sc1ccccc1. The number of benzene rings is 1. The summed E-state index contributed by atoms with van der Waals surface area (Å²) in [5.74, 6) is 0.671.